The summed E-state index contributed by atoms with van der Waals surface area (Å²) in [6, 6.07) is 7.98. The van der Waals surface area contributed by atoms with Gasteiger partial charge < -0.3 is 4.90 Å². The molecule has 1 fully saturated rings. The van der Waals surface area contributed by atoms with E-state index in [9.17, 15) is 14.0 Å². The standard InChI is InChI=1S/C31H31ClF2N4O2/c1-5-12-36-27(24-7-6-8-25(29(24)34)30(39)37(4)23-9-10-23)11-13-38-20(3)15-26(28(32)31(38)40)19(2)14-21-16-22(33)18-35-17-21/h5-8,11-13,15-19,23H,9-10,14H2,1-4H3/b12-5+,13-11+,36-27-. The monoisotopic (exact) mass is 564 g/mol. The molecule has 0 saturated heterocycles. The van der Waals surface area contributed by atoms with Crippen LogP contribution in [0.3, 0.4) is 0 Å². The summed E-state index contributed by atoms with van der Waals surface area (Å²) >= 11 is 6.52. The molecule has 1 saturated carbocycles. The number of allylic oxidation sites excluding steroid dienone is 2. The van der Waals surface area contributed by atoms with Gasteiger partial charge in [0.05, 0.1) is 17.5 Å². The second-order valence-corrected chi connectivity index (χ2v) is 10.4. The zero-order valence-corrected chi connectivity index (χ0v) is 23.6. The van der Waals surface area contributed by atoms with Gasteiger partial charge in [0.15, 0.2) is 0 Å². The predicted octanol–water partition coefficient (Wildman–Crippen LogP) is 6.56. The van der Waals surface area contributed by atoms with Gasteiger partial charge in [-0.2, -0.15) is 0 Å². The van der Waals surface area contributed by atoms with Crippen LogP contribution in [-0.4, -0.2) is 39.2 Å². The number of carbonyl (C=O) groups is 1. The number of hydrogen-bond donors (Lipinski definition) is 0. The lowest BCUT2D eigenvalue weighted by Crippen LogP contribution is -2.29. The average Bonchev–Trinajstić information content (AvgIpc) is 3.77. The van der Waals surface area contributed by atoms with Gasteiger partial charge in [-0.3, -0.25) is 24.1 Å². The van der Waals surface area contributed by atoms with Crippen molar-refractivity contribution in [3.05, 3.63) is 116 Å². The van der Waals surface area contributed by atoms with Crippen LogP contribution in [0.2, 0.25) is 5.02 Å². The van der Waals surface area contributed by atoms with Gasteiger partial charge in [-0.05, 0) is 80.5 Å². The number of nitrogens with zero attached hydrogens (tertiary/aromatic N) is 4. The molecule has 0 N–H and O–H groups in total. The molecule has 2 heterocycles. The lowest BCUT2D eigenvalue weighted by Gasteiger charge is -2.17. The highest BCUT2D eigenvalue weighted by Gasteiger charge is 2.31. The highest BCUT2D eigenvalue weighted by atomic mass is 35.5. The zero-order chi connectivity index (χ0) is 29.0. The zero-order valence-electron chi connectivity index (χ0n) is 22.9. The number of hydrogen-bond acceptors (Lipinski definition) is 4. The molecule has 0 bridgehead atoms. The van der Waals surface area contributed by atoms with E-state index in [1.165, 1.54) is 35.2 Å². The molecule has 0 radical (unpaired) electrons. The fourth-order valence-electron chi connectivity index (χ4n) is 4.54. The summed E-state index contributed by atoms with van der Waals surface area (Å²) < 4.78 is 30.6. The SMILES string of the molecule is C/C=C/N=C(/C=C/n1c(C)cc(C(C)Cc2cncc(F)c2)c(Cl)c1=O)c1cccc(C(=O)N(C)C2CC2)c1F. The molecule has 3 aromatic rings. The maximum Gasteiger partial charge on any atom is 0.273 e. The van der Waals surface area contributed by atoms with E-state index in [0.29, 0.717) is 23.2 Å². The van der Waals surface area contributed by atoms with E-state index in [0.717, 1.165) is 19.0 Å². The van der Waals surface area contributed by atoms with E-state index in [1.807, 2.05) is 13.0 Å². The number of aryl methyl sites for hydroxylation is 1. The molecule has 208 valence electrons. The minimum Gasteiger partial charge on any atom is -0.339 e. The third-order valence-corrected chi connectivity index (χ3v) is 7.28. The number of benzene rings is 1. The van der Waals surface area contributed by atoms with Gasteiger partial charge in [0.2, 0.25) is 0 Å². The summed E-state index contributed by atoms with van der Waals surface area (Å²) in [5.74, 6) is -1.65. The summed E-state index contributed by atoms with van der Waals surface area (Å²) in [5, 5.41) is 0.0425. The van der Waals surface area contributed by atoms with Crippen LogP contribution in [0.4, 0.5) is 8.78 Å². The molecular weight excluding hydrogens is 534 g/mol. The van der Waals surface area contributed by atoms with E-state index in [4.69, 9.17) is 11.6 Å². The first-order valence-electron chi connectivity index (χ1n) is 13.1. The Morgan fingerprint density at radius 2 is 1.98 bits per heavy atom. The Bertz CT molecular complexity index is 1570. The minimum absolute atomic E-state index is 0.0308. The molecule has 1 amide bonds. The fraction of sp³-hybridized carbons (Fsp3) is 0.290. The number of amides is 1. The molecule has 6 nitrogen and oxygen atoms in total. The first-order chi connectivity index (χ1) is 19.1. The van der Waals surface area contributed by atoms with Gasteiger partial charge in [0, 0.05) is 42.9 Å². The van der Waals surface area contributed by atoms with Gasteiger partial charge in [-0.15, -0.1) is 0 Å². The van der Waals surface area contributed by atoms with E-state index >= 15 is 4.39 Å². The highest BCUT2D eigenvalue weighted by molar-refractivity contribution is 6.31. The lowest BCUT2D eigenvalue weighted by atomic mass is 9.94. The fourth-order valence-corrected chi connectivity index (χ4v) is 4.87. The Kier molecular flexibility index (Phi) is 9.10. The van der Waals surface area contributed by atoms with Crippen molar-refractivity contribution in [2.45, 2.75) is 52.0 Å². The Hall–Kier alpha value is -3.91. The van der Waals surface area contributed by atoms with Crippen molar-refractivity contribution >= 4 is 29.4 Å². The summed E-state index contributed by atoms with van der Waals surface area (Å²) in [5.41, 5.74) is 1.83. The second-order valence-electron chi connectivity index (χ2n) is 9.97. The first-order valence-corrected chi connectivity index (χ1v) is 13.4. The van der Waals surface area contributed by atoms with Crippen LogP contribution in [0.15, 0.2) is 70.9 Å². The minimum atomic E-state index is -0.675. The van der Waals surface area contributed by atoms with Crippen LogP contribution < -0.4 is 5.56 Å². The third kappa shape index (κ3) is 6.45. The molecule has 4 rings (SSSR count). The van der Waals surface area contributed by atoms with Crippen molar-refractivity contribution in [2.24, 2.45) is 4.99 Å². The van der Waals surface area contributed by atoms with Crippen molar-refractivity contribution in [3.8, 4) is 0 Å². The summed E-state index contributed by atoms with van der Waals surface area (Å²) in [6.45, 7) is 5.45. The van der Waals surface area contributed by atoms with E-state index in [1.54, 1.807) is 50.2 Å². The van der Waals surface area contributed by atoms with Crippen LogP contribution >= 0.6 is 11.6 Å². The highest BCUT2D eigenvalue weighted by Crippen LogP contribution is 2.28. The largest absolute Gasteiger partial charge is 0.339 e. The van der Waals surface area contributed by atoms with Crippen molar-refractivity contribution in [1.82, 2.24) is 14.5 Å². The van der Waals surface area contributed by atoms with E-state index < -0.39 is 17.2 Å². The van der Waals surface area contributed by atoms with E-state index in [2.05, 4.69) is 9.98 Å². The maximum absolute atomic E-state index is 15.6. The number of aliphatic imine (C=N–C) groups is 1. The number of halogens is 3. The molecule has 1 atom stereocenters. The molecule has 40 heavy (non-hydrogen) atoms. The van der Waals surface area contributed by atoms with Gasteiger partial charge >= 0.3 is 0 Å². The first kappa shape index (κ1) is 29.1. The Morgan fingerprint density at radius 3 is 2.65 bits per heavy atom. The number of rotatable bonds is 9. The molecule has 0 aliphatic heterocycles. The summed E-state index contributed by atoms with van der Waals surface area (Å²) in [4.78, 5) is 36.0. The number of aromatic nitrogens is 2. The second kappa shape index (κ2) is 12.5. The lowest BCUT2D eigenvalue weighted by molar-refractivity contribution is 0.0780. The molecule has 1 aliphatic rings. The van der Waals surface area contributed by atoms with E-state index in [-0.39, 0.29) is 39.7 Å². The molecule has 1 aromatic carbocycles. The van der Waals surface area contributed by atoms with Crippen LogP contribution in [0.1, 0.15) is 65.3 Å². The molecule has 9 heteroatoms. The van der Waals surface area contributed by atoms with Crippen LogP contribution in [0.5, 0.6) is 0 Å². The molecule has 1 aliphatic carbocycles. The summed E-state index contributed by atoms with van der Waals surface area (Å²) in [6.07, 6.45) is 11.2. The van der Waals surface area contributed by atoms with Gasteiger partial charge in [0.25, 0.3) is 11.5 Å². The smallest absolute Gasteiger partial charge is 0.273 e. The molecular formula is C31H31ClF2N4O2. The Balaban J connectivity index is 1.66. The number of carbonyl (C=O) groups excluding carboxylic acids is 1. The van der Waals surface area contributed by atoms with Gasteiger partial charge in [-0.1, -0.05) is 30.7 Å². The average molecular weight is 565 g/mol. The molecule has 2 aromatic heterocycles. The Morgan fingerprint density at radius 1 is 1.25 bits per heavy atom. The maximum atomic E-state index is 15.6. The third-order valence-electron chi connectivity index (χ3n) is 6.90. The van der Waals surface area contributed by atoms with Crippen molar-refractivity contribution in [3.63, 3.8) is 0 Å². The molecule has 1 unspecified atom stereocenters. The topological polar surface area (TPSA) is 67.6 Å². The van der Waals surface area contributed by atoms with Crippen molar-refractivity contribution < 1.29 is 13.6 Å². The van der Waals surface area contributed by atoms with Gasteiger partial charge in [-0.25, -0.2) is 8.78 Å². The van der Waals surface area contributed by atoms with Crippen molar-refractivity contribution in [1.29, 1.82) is 0 Å². The van der Waals surface area contributed by atoms with Gasteiger partial charge in [0.1, 0.15) is 16.7 Å². The Labute approximate surface area is 237 Å². The predicted molar refractivity (Wildman–Crippen MR) is 155 cm³/mol. The van der Waals surface area contributed by atoms with Crippen LogP contribution in [-0.2, 0) is 6.42 Å². The van der Waals surface area contributed by atoms with Crippen molar-refractivity contribution in [2.75, 3.05) is 7.05 Å². The number of pyridine rings is 2. The summed E-state index contributed by atoms with van der Waals surface area (Å²) in [7, 11) is 1.68. The van der Waals surface area contributed by atoms with Crippen LogP contribution in [0.25, 0.3) is 6.20 Å². The quantitative estimate of drug-likeness (QED) is 0.277. The molecule has 0 spiro atoms. The van der Waals surface area contributed by atoms with Crippen LogP contribution in [0, 0.1) is 18.6 Å². The normalized spacial score (nSPS) is 14.7.